The van der Waals surface area contributed by atoms with Gasteiger partial charge in [0.25, 0.3) is 0 Å². The molecule has 444 valence electrons. The molecule has 18 nitrogen and oxygen atoms in total. The Hall–Kier alpha value is -3.87. The van der Waals surface area contributed by atoms with E-state index in [0.717, 1.165) is 109 Å². The SMILES string of the molecule is CCCCCCCCCCN(CC(=O)N(CC(=O)N(CCCCCCCCCC)CC(=O)N(CC(N)=O)CC(CC)CCCC)CC(CC)CCCC)C(=O)CN(CCOC)C(=O)CN(CCOC)C(=O)CNCCN. The van der Waals surface area contributed by atoms with Gasteiger partial charge in [-0.25, -0.2) is 0 Å². The molecule has 0 aliphatic heterocycles. The van der Waals surface area contributed by atoms with Crippen LogP contribution in [-0.4, -0.2) is 196 Å². The molecule has 0 aliphatic carbocycles. The van der Waals surface area contributed by atoms with E-state index in [1.165, 1.54) is 65.9 Å². The summed E-state index contributed by atoms with van der Waals surface area (Å²) in [5.74, 6) is -2.63. The quantitative estimate of drug-likeness (QED) is 0.0527. The molecule has 0 aromatic heterocycles. The summed E-state index contributed by atoms with van der Waals surface area (Å²) in [6.45, 7) is 13.7. The Morgan fingerprint density at radius 2 is 0.724 bits per heavy atom. The lowest BCUT2D eigenvalue weighted by Crippen LogP contribution is -2.53. The highest BCUT2D eigenvalue weighted by atomic mass is 16.5. The number of nitrogens with zero attached hydrogens (tertiary/aromatic N) is 6. The third kappa shape index (κ3) is 35.5. The van der Waals surface area contributed by atoms with Crippen molar-refractivity contribution in [1.82, 2.24) is 34.7 Å². The van der Waals surface area contributed by atoms with Crippen LogP contribution >= 0.6 is 0 Å². The standard InChI is InChI=1S/C58H113N9O9/c1-9-15-19-21-23-25-27-29-35-62(54(70)46-65(38-40-76-8)55(71)45-64(37-39-75-7)53(69)41-61-34-33-59)48-58(74)67(43-51(14-6)32-18-12-4)49-56(72)63(36-30-28-26-24-22-20-16-10-2)47-57(73)66(44-52(60)68)42-50(13-5)31-17-11-3/h50-51,61H,9-49,59H2,1-8H3,(H2,60,68). The van der Waals surface area contributed by atoms with E-state index in [1.54, 1.807) is 9.80 Å². The Morgan fingerprint density at radius 3 is 1.07 bits per heavy atom. The van der Waals surface area contributed by atoms with Crippen LogP contribution in [0.15, 0.2) is 0 Å². The van der Waals surface area contributed by atoms with Gasteiger partial charge in [-0.15, -0.1) is 0 Å². The van der Waals surface area contributed by atoms with E-state index in [1.807, 2.05) is 0 Å². The van der Waals surface area contributed by atoms with Crippen LogP contribution in [0.4, 0.5) is 0 Å². The van der Waals surface area contributed by atoms with Crippen molar-refractivity contribution in [1.29, 1.82) is 0 Å². The molecule has 18 heteroatoms. The molecule has 0 bridgehead atoms. The number of unbranched alkanes of at least 4 members (excludes halogenated alkanes) is 16. The highest BCUT2D eigenvalue weighted by molar-refractivity contribution is 5.92. The van der Waals surface area contributed by atoms with E-state index < -0.39 is 17.7 Å². The van der Waals surface area contributed by atoms with E-state index in [0.29, 0.717) is 45.6 Å². The van der Waals surface area contributed by atoms with E-state index in [2.05, 4.69) is 46.9 Å². The normalized spacial score (nSPS) is 12.0. The molecule has 2 atom stereocenters. The van der Waals surface area contributed by atoms with Gasteiger partial charge >= 0.3 is 0 Å². The number of nitrogens with two attached hydrogens (primary N) is 2. The second-order valence-corrected chi connectivity index (χ2v) is 21.0. The van der Waals surface area contributed by atoms with Crippen LogP contribution in [0.5, 0.6) is 0 Å². The summed E-state index contributed by atoms with van der Waals surface area (Å²) in [6, 6.07) is 0. The minimum absolute atomic E-state index is 0.0183. The van der Waals surface area contributed by atoms with Crippen LogP contribution in [0, 0.1) is 11.8 Å². The van der Waals surface area contributed by atoms with Gasteiger partial charge in [0.1, 0.15) is 0 Å². The van der Waals surface area contributed by atoms with E-state index in [-0.39, 0.29) is 114 Å². The third-order valence-electron chi connectivity index (χ3n) is 14.4. The number of hydrogen-bond acceptors (Lipinski definition) is 11. The fourth-order valence-corrected chi connectivity index (χ4v) is 9.32. The number of primary amides is 1. The fourth-order valence-electron chi connectivity index (χ4n) is 9.32. The van der Waals surface area contributed by atoms with Crippen LogP contribution in [0.1, 0.15) is 196 Å². The lowest BCUT2D eigenvalue weighted by Gasteiger charge is -2.34. The molecule has 0 aliphatic rings. The third-order valence-corrected chi connectivity index (χ3v) is 14.4. The van der Waals surface area contributed by atoms with Gasteiger partial charge in [-0.3, -0.25) is 33.6 Å². The van der Waals surface area contributed by atoms with Gasteiger partial charge in [-0.2, -0.15) is 0 Å². The van der Waals surface area contributed by atoms with E-state index >= 15 is 0 Å². The van der Waals surface area contributed by atoms with Crippen molar-refractivity contribution in [3.05, 3.63) is 0 Å². The van der Waals surface area contributed by atoms with Crippen molar-refractivity contribution in [3.8, 4) is 0 Å². The highest BCUT2D eigenvalue weighted by Gasteiger charge is 2.31. The largest absolute Gasteiger partial charge is 0.383 e. The molecule has 0 heterocycles. The molecule has 0 rings (SSSR count). The Kier molecular flexibility index (Phi) is 45.8. The molecule has 0 saturated carbocycles. The average molecular weight is 1080 g/mol. The molecule has 0 fully saturated rings. The first kappa shape index (κ1) is 72.1. The Balaban J connectivity index is 7.10. The molecule has 2 unspecified atom stereocenters. The minimum atomic E-state index is -0.614. The van der Waals surface area contributed by atoms with Gasteiger partial charge in [-0.05, 0) is 37.5 Å². The lowest BCUT2D eigenvalue weighted by atomic mass is 9.98. The average Bonchev–Trinajstić information content (AvgIpc) is 3.40. The maximum absolute atomic E-state index is 15.0. The number of nitrogens with one attached hydrogen (secondary N) is 1. The van der Waals surface area contributed by atoms with Gasteiger partial charge in [0.2, 0.25) is 41.4 Å². The molecule has 0 aromatic carbocycles. The Labute approximate surface area is 462 Å². The number of hydrogen-bond donors (Lipinski definition) is 3. The first-order valence-corrected chi connectivity index (χ1v) is 30.0. The van der Waals surface area contributed by atoms with Crippen LogP contribution < -0.4 is 16.8 Å². The van der Waals surface area contributed by atoms with Crippen molar-refractivity contribution in [2.45, 2.75) is 196 Å². The molecule has 0 radical (unpaired) electrons. The van der Waals surface area contributed by atoms with Crippen molar-refractivity contribution in [2.24, 2.45) is 23.3 Å². The van der Waals surface area contributed by atoms with Gasteiger partial charge in [0.05, 0.1) is 59.0 Å². The minimum Gasteiger partial charge on any atom is -0.383 e. The summed E-state index contributed by atoms with van der Waals surface area (Å²) < 4.78 is 10.6. The van der Waals surface area contributed by atoms with Crippen molar-refractivity contribution >= 4 is 41.4 Å². The van der Waals surface area contributed by atoms with E-state index in [9.17, 15) is 33.6 Å². The highest BCUT2D eigenvalue weighted by Crippen LogP contribution is 2.18. The molecular formula is C58H113N9O9. The molecule has 7 amide bonds. The predicted octanol–water partition coefficient (Wildman–Crippen LogP) is 7.00. The maximum atomic E-state index is 15.0. The second kappa shape index (κ2) is 48.3. The van der Waals surface area contributed by atoms with Gasteiger partial charge in [0, 0.05) is 66.6 Å². The first-order chi connectivity index (χ1) is 36.7. The number of carbonyl (C=O) groups is 7. The van der Waals surface area contributed by atoms with Gasteiger partial charge in [-0.1, -0.05) is 170 Å². The van der Waals surface area contributed by atoms with Crippen molar-refractivity contribution in [3.63, 3.8) is 0 Å². The molecule has 76 heavy (non-hydrogen) atoms. The second-order valence-electron chi connectivity index (χ2n) is 21.0. The number of rotatable bonds is 52. The molecule has 5 N–H and O–H groups in total. The zero-order valence-electron chi connectivity index (χ0n) is 49.7. The zero-order chi connectivity index (χ0) is 56.8. The maximum Gasteiger partial charge on any atom is 0.242 e. The van der Waals surface area contributed by atoms with Crippen LogP contribution in [0.25, 0.3) is 0 Å². The van der Waals surface area contributed by atoms with E-state index in [4.69, 9.17) is 20.9 Å². The number of ether oxygens (including phenoxy) is 2. The summed E-state index contributed by atoms with van der Waals surface area (Å²) in [5, 5.41) is 2.98. The number of carbonyl (C=O) groups excluding carboxylic acids is 7. The van der Waals surface area contributed by atoms with Crippen molar-refractivity contribution < 1.29 is 43.0 Å². The Bertz CT molecular complexity index is 1540. The summed E-state index contributed by atoms with van der Waals surface area (Å²) in [4.78, 5) is 107. The molecule has 0 spiro atoms. The Morgan fingerprint density at radius 1 is 0.408 bits per heavy atom. The van der Waals surface area contributed by atoms with Crippen LogP contribution in [0.3, 0.4) is 0 Å². The zero-order valence-corrected chi connectivity index (χ0v) is 49.7. The molecule has 0 aromatic rings. The summed E-state index contributed by atoms with van der Waals surface area (Å²) >= 11 is 0. The summed E-state index contributed by atoms with van der Waals surface area (Å²) in [6.07, 6.45) is 24.0. The van der Waals surface area contributed by atoms with Gasteiger partial charge in [0.15, 0.2) is 0 Å². The monoisotopic (exact) mass is 1080 g/mol. The van der Waals surface area contributed by atoms with Crippen LogP contribution in [0.2, 0.25) is 0 Å². The van der Waals surface area contributed by atoms with Gasteiger partial charge < -0.3 is 55.7 Å². The molecular weight excluding hydrogens is 967 g/mol. The topological polar surface area (TPSA) is 221 Å². The molecule has 0 saturated heterocycles. The van der Waals surface area contributed by atoms with Crippen LogP contribution in [-0.2, 0) is 43.0 Å². The fraction of sp³-hybridized carbons (Fsp3) is 0.879. The summed E-state index contributed by atoms with van der Waals surface area (Å²) in [5.41, 5.74) is 11.3. The number of methoxy groups -OCH3 is 2. The summed E-state index contributed by atoms with van der Waals surface area (Å²) in [7, 11) is 3.03. The first-order valence-electron chi connectivity index (χ1n) is 30.0. The lowest BCUT2D eigenvalue weighted by molar-refractivity contribution is -0.148. The predicted molar refractivity (Wildman–Crippen MR) is 306 cm³/mol. The number of amides is 7. The van der Waals surface area contributed by atoms with Crippen molar-refractivity contribution in [2.75, 3.05) is 126 Å². The smallest absolute Gasteiger partial charge is 0.242 e.